The molecule has 0 unspecified atom stereocenters. The fourth-order valence-corrected chi connectivity index (χ4v) is 1.29. The molecule has 15 heavy (non-hydrogen) atoms. The van der Waals surface area contributed by atoms with Gasteiger partial charge in [0.15, 0.2) is 0 Å². The molecule has 0 aliphatic heterocycles. The number of rotatable bonds is 6. The van der Waals surface area contributed by atoms with E-state index in [-0.39, 0.29) is 6.61 Å². The van der Waals surface area contributed by atoms with Gasteiger partial charge >= 0.3 is 0 Å². The molecular weight excluding hydrogens is 190 g/mol. The first-order valence-electron chi connectivity index (χ1n) is 5.24. The van der Waals surface area contributed by atoms with E-state index in [4.69, 9.17) is 9.84 Å². The highest BCUT2D eigenvalue weighted by molar-refractivity contribution is 5.47. The van der Waals surface area contributed by atoms with Gasteiger partial charge in [-0.25, -0.2) is 0 Å². The molecule has 0 spiro atoms. The third kappa shape index (κ3) is 4.32. The van der Waals surface area contributed by atoms with Crippen molar-refractivity contribution in [2.75, 3.05) is 31.7 Å². The molecule has 3 nitrogen and oxygen atoms in total. The highest BCUT2D eigenvalue weighted by Crippen LogP contribution is 2.13. The van der Waals surface area contributed by atoms with Gasteiger partial charge in [-0.2, -0.15) is 0 Å². The van der Waals surface area contributed by atoms with Crippen LogP contribution in [0.4, 0.5) is 5.69 Å². The summed E-state index contributed by atoms with van der Waals surface area (Å²) in [7, 11) is 0. The van der Waals surface area contributed by atoms with Crippen LogP contribution in [-0.2, 0) is 4.74 Å². The number of hydrogen-bond donors (Lipinski definition) is 2. The zero-order valence-corrected chi connectivity index (χ0v) is 9.42. The molecule has 1 aromatic carbocycles. The monoisotopic (exact) mass is 209 g/mol. The highest BCUT2D eigenvalue weighted by atomic mass is 16.5. The summed E-state index contributed by atoms with van der Waals surface area (Å²) in [6.07, 6.45) is 0. The molecule has 84 valence electrons. The van der Waals surface area contributed by atoms with Crippen molar-refractivity contribution in [3.8, 4) is 0 Å². The van der Waals surface area contributed by atoms with Gasteiger partial charge in [-0.3, -0.25) is 0 Å². The van der Waals surface area contributed by atoms with Gasteiger partial charge in [0.2, 0.25) is 0 Å². The molecule has 0 amide bonds. The predicted octanol–water partition coefficient (Wildman–Crippen LogP) is 1.72. The van der Waals surface area contributed by atoms with E-state index in [2.05, 4.69) is 37.4 Å². The number of anilines is 1. The Hall–Kier alpha value is -1.06. The fraction of sp³-hybridized carbons (Fsp3) is 0.500. The van der Waals surface area contributed by atoms with Gasteiger partial charge in [-0.15, -0.1) is 0 Å². The standard InChI is InChI=1S/C12H19NO2/c1-10-3-4-12(9-11(10)2)13-5-7-15-8-6-14/h3-4,9,13-14H,5-8H2,1-2H3. The maximum absolute atomic E-state index is 8.50. The second-order valence-electron chi connectivity index (χ2n) is 3.56. The summed E-state index contributed by atoms with van der Waals surface area (Å²) < 4.78 is 5.15. The molecule has 2 N–H and O–H groups in total. The van der Waals surface area contributed by atoms with Crippen LogP contribution < -0.4 is 5.32 Å². The van der Waals surface area contributed by atoms with E-state index in [1.54, 1.807) is 0 Å². The molecule has 0 saturated carbocycles. The van der Waals surface area contributed by atoms with Crippen molar-refractivity contribution in [1.29, 1.82) is 0 Å². The maximum Gasteiger partial charge on any atom is 0.0698 e. The van der Waals surface area contributed by atoms with Crippen LogP contribution in [0.3, 0.4) is 0 Å². The molecule has 0 heterocycles. The third-order valence-electron chi connectivity index (χ3n) is 2.32. The van der Waals surface area contributed by atoms with Crippen molar-refractivity contribution in [2.45, 2.75) is 13.8 Å². The van der Waals surface area contributed by atoms with Crippen molar-refractivity contribution in [1.82, 2.24) is 0 Å². The Balaban J connectivity index is 2.28. The van der Waals surface area contributed by atoms with Crippen LogP contribution in [0.2, 0.25) is 0 Å². The Morgan fingerprint density at radius 3 is 2.67 bits per heavy atom. The molecule has 0 saturated heterocycles. The van der Waals surface area contributed by atoms with Crippen LogP contribution in [-0.4, -0.2) is 31.5 Å². The smallest absolute Gasteiger partial charge is 0.0698 e. The van der Waals surface area contributed by atoms with Crippen LogP contribution in [0.25, 0.3) is 0 Å². The van der Waals surface area contributed by atoms with E-state index in [1.807, 2.05) is 0 Å². The van der Waals surface area contributed by atoms with E-state index in [0.717, 1.165) is 12.2 Å². The van der Waals surface area contributed by atoms with Crippen molar-refractivity contribution < 1.29 is 9.84 Å². The topological polar surface area (TPSA) is 41.5 Å². The second-order valence-corrected chi connectivity index (χ2v) is 3.56. The number of aryl methyl sites for hydroxylation is 2. The normalized spacial score (nSPS) is 10.3. The van der Waals surface area contributed by atoms with Gasteiger partial charge in [0.05, 0.1) is 19.8 Å². The van der Waals surface area contributed by atoms with Crippen LogP contribution in [0, 0.1) is 13.8 Å². The summed E-state index contributed by atoms with van der Waals surface area (Å²) in [5.74, 6) is 0. The number of nitrogens with one attached hydrogen (secondary N) is 1. The summed E-state index contributed by atoms with van der Waals surface area (Å²) in [5, 5.41) is 11.8. The Labute approximate surface area is 91.1 Å². The molecule has 0 radical (unpaired) electrons. The molecule has 0 fully saturated rings. The number of aliphatic hydroxyl groups excluding tert-OH is 1. The number of benzene rings is 1. The Kier molecular flexibility index (Phi) is 5.15. The minimum Gasteiger partial charge on any atom is -0.394 e. The van der Waals surface area contributed by atoms with Crippen LogP contribution in [0.1, 0.15) is 11.1 Å². The Bertz CT molecular complexity index is 300. The van der Waals surface area contributed by atoms with Gasteiger partial charge in [0, 0.05) is 12.2 Å². The molecular formula is C12H19NO2. The van der Waals surface area contributed by atoms with Crippen molar-refractivity contribution in [2.24, 2.45) is 0 Å². The number of aliphatic hydroxyl groups is 1. The fourth-order valence-electron chi connectivity index (χ4n) is 1.29. The van der Waals surface area contributed by atoms with Crippen LogP contribution in [0.15, 0.2) is 18.2 Å². The predicted molar refractivity (Wildman–Crippen MR) is 62.3 cm³/mol. The summed E-state index contributed by atoms with van der Waals surface area (Å²) in [6, 6.07) is 6.29. The van der Waals surface area contributed by atoms with Gasteiger partial charge in [-0.05, 0) is 37.1 Å². The van der Waals surface area contributed by atoms with E-state index < -0.39 is 0 Å². The molecule has 0 aliphatic rings. The van der Waals surface area contributed by atoms with Gasteiger partial charge in [0.1, 0.15) is 0 Å². The van der Waals surface area contributed by atoms with Crippen LogP contribution in [0.5, 0.6) is 0 Å². The lowest BCUT2D eigenvalue weighted by molar-refractivity contribution is 0.0992. The van der Waals surface area contributed by atoms with Crippen molar-refractivity contribution in [3.63, 3.8) is 0 Å². The molecule has 0 aliphatic carbocycles. The molecule has 1 rings (SSSR count). The first-order chi connectivity index (χ1) is 7.24. The molecule has 0 atom stereocenters. The zero-order chi connectivity index (χ0) is 11.1. The van der Waals surface area contributed by atoms with Gasteiger partial charge in [0.25, 0.3) is 0 Å². The average molecular weight is 209 g/mol. The van der Waals surface area contributed by atoms with E-state index in [0.29, 0.717) is 13.2 Å². The summed E-state index contributed by atoms with van der Waals surface area (Å²) in [6.45, 7) is 6.08. The first-order valence-corrected chi connectivity index (χ1v) is 5.24. The quantitative estimate of drug-likeness (QED) is 0.701. The van der Waals surface area contributed by atoms with Gasteiger partial charge in [-0.1, -0.05) is 6.07 Å². The lowest BCUT2D eigenvalue weighted by Gasteiger charge is -2.08. The largest absolute Gasteiger partial charge is 0.394 e. The first kappa shape index (κ1) is 12.0. The lowest BCUT2D eigenvalue weighted by Crippen LogP contribution is -2.11. The molecule has 0 bridgehead atoms. The average Bonchev–Trinajstić information content (AvgIpc) is 2.23. The lowest BCUT2D eigenvalue weighted by atomic mass is 10.1. The van der Waals surface area contributed by atoms with Crippen molar-refractivity contribution >= 4 is 5.69 Å². The minimum absolute atomic E-state index is 0.0869. The number of hydrogen-bond acceptors (Lipinski definition) is 3. The van der Waals surface area contributed by atoms with Crippen LogP contribution >= 0.6 is 0 Å². The van der Waals surface area contributed by atoms with E-state index in [1.165, 1.54) is 11.1 Å². The highest BCUT2D eigenvalue weighted by Gasteiger charge is 1.95. The van der Waals surface area contributed by atoms with E-state index in [9.17, 15) is 0 Å². The summed E-state index contributed by atoms with van der Waals surface area (Å²) >= 11 is 0. The van der Waals surface area contributed by atoms with Gasteiger partial charge < -0.3 is 15.2 Å². The minimum atomic E-state index is 0.0869. The molecule has 0 aromatic heterocycles. The molecule has 1 aromatic rings. The Morgan fingerprint density at radius 2 is 2.00 bits per heavy atom. The van der Waals surface area contributed by atoms with E-state index >= 15 is 0 Å². The summed E-state index contributed by atoms with van der Waals surface area (Å²) in [4.78, 5) is 0. The summed E-state index contributed by atoms with van der Waals surface area (Å²) in [5.41, 5.74) is 3.71. The molecule has 3 heteroatoms. The van der Waals surface area contributed by atoms with Crippen molar-refractivity contribution in [3.05, 3.63) is 29.3 Å². The zero-order valence-electron chi connectivity index (χ0n) is 9.42. The number of ether oxygens (including phenoxy) is 1. The second kappa shape index (κ2) is 6.43. The third-order valence-corrected chi connectivity index (χ3v) is 2.32. The maximum atomic E-state index is 8.50. The SMILES string of the molecule is Cc1ccc(NCCOCCO)cc1C. The Morgan fingerprint density at radius 1 is 1.20 bits per heavy atom.